The second-order valence-electron chi connectivity index (χ2n) is 16.0. The number of para-hydroxylation sites is 1. The van der Waals surface area contributed by atoms with Crippen LogP contribution in [0.15, 0.2) is 241 Å². The van der Waals surface area contributed by atoms with Gasteiger partial charge in [0.1, 0.15) is 11.2 Å². The van der Waals surface area contributed by atoms with Gasteiger partial charge in [-0.2, -0.15) is 0 Å². The van der Waals surface area contributed by atoms with Gasteiger partial charge in [-0.25, -0.2) is 0 Å². The molecule has 1 heterocycles. The summed E-state index contributed by atoms with van der Waals surface area (Å²) in [5.74, 6) is 0. The average molecular weight is 790 g/mol. The number of hydrogen-bond acceptors (Lipinski definition) is 2. The molecule has 0 N–H and O–H groups in total. The van der Waals surface area contributed by atoms with E-state index in [1.54, 1.807) is 0 Å². The van der Waals surface area contributed by atoms with Gasteiger partial charge in [-0.3, -0.25) is 0 Å². The van der Waals surface area contributed by atoms with E-state index in [-0.39, 0.29) is 0 Å². The molecule has 0 bridgehead atoms. The third kappa shape index (κ3) is 6.04. The Morgan fingerprint density at radius 3 is 1.55 bits per heavy atom. The molecule has 0 atom stereocenters. The van der Waals surface area contributed by atoms with Gasteiger partial charge in [-0.05, 0) is 131 Å². The fourth-order valence-corrected chi connectivity index (χ4v) is 9.59. The Hall–Kier alpha value is -8.20. The minimum Gasteiger partial charge on any atom is -0.456 e. The SMILES string of the molecule is c1ccc(-c2c(-c3ccccc3)c3cc(-c4cccc(N(c5cccc(-c6cccc7ccccc67)c5)c5ccc6oc7ccccc7c6c5)c4)ccc3c3ccccc23)cc1. The van der Waals surface area contributed by atoms with Crippen LogP contribution in [-0.2, 0) is 0 Å². The van der Waals surface area contributed by atoms with Crippen molar-refractivity contribution in [2.24, 2.45) is 0 Å². The standard InChI is InChI=1S/C60H39NO/c1-3-17-41(18-4-1)59-54-29-10-9-27-51(54)52-34-32-44(38-56(52)60(59)42-19-5-2-6-20-42)43-22-13-24-46(36-43)61(48-33-35-58-55(39-48)53-28-11-12-31-57(53)62-58)47-25-14-23-45(37-47)50-30-15-21-40-16-7-8-26-49(40)50/h1-39H. The van der Waals surface area contributed by atoms with Gasteiger partial charge < -0.3 is 9.32 Å². The summed E-state index contributed by atoms with van der Waals surface area (Å²) in [5.41, 5.74) is 14.5. The summed E-state index contributed by atoms with van der Waals surface area (Å²) < 4.78 is 6.31. The summed E-state index contributed by atoms with van der Waals surface area (Å²) in [6.45, 7) is 0. The maximum Gasteiger partial charge on any atom is 0.135 e. The van der Waals surface area contributed by atoms with Gasteiger partial charge in [-0.1, -0.05) is 182 Å². The number of rotatable bonds is 7. The molecule has 0 aliphatic carbocycles. The van der Waals surface area contributed by atoms with Gasteiger partial charge in [0.05, 0.1) is 0 Å². The minimum atomic E-state index is 0.876. The Balaban J connectivity index is 1.07. The van der Waals surface area contributed by atoms with Crippen LogP contribution in [0.3, 0.4) is 0 Å². The zero-order valence-corrected chi connectivity index (χ0v) is 33.9. The van der Waals surface area contributed by atoms with Crippen LogP contribution in [0.25, 0.3) is 98.8 Å². The van der Waals surface area contributed by atoms with Gasteiger partial charge >= 0.3 is 0 Å². The van der Waals surface area contributed by atoms with Crippen LogP contribution in [0.1, 0.15) is 0 Å². The second-order valence-corrected chi connectivity index (χ2v) is 16.0. The van der Waals surface area contributed by atoms with E-state index in [0.29, 0.717) is 0 Å². The summed E-state index contributed by atoms with van der Waals surface area (Å²) in [5, 5.41) is 9.64. The largest absolute Gasteiger partial charge is 0.456 e. The smallest absolute Gasteiger partial charge is 0.135 e. The van der Waals surface area contributed by atoms with E-state index in [2.05, 4.69) is 229 Å². The fraction of sp³-hybridized carbons (Fsp3) is 0. The summed E-state index contributed by atoms with van der Waals surface area (Å²) >= 11 is 0. The predicted octanol–water partition coefficient (Wildman–Crippen LogP) is 17.2. The molecule has 1 aromatic heterocycles. The Labute approximate surface area is 360 Å². The van der Waals surface area contributed by atoms with Crippen molar-refractivity contribution in [1.82, 2.24) is 0 Å². The first-order chi connectivity index (χ1) is 30.7. The van der Waals surface area contributed by atoms with E-state index in [4.69, 9.17) is 4.42 Å². The van der Waals surface area contributed by atoms with Crippen LogP contribution in [0.2, 0.25) is 0 Å². The van der Waals surface area contributed by atoms with Crippen LogP contribution >= 0.6 is 0 Å². The Morgan fingerprint density at radius 2 is 0.774 bits per heavy atom. The van der Waals surface area contributed by atoms with E-state index in [1.807, 2.05) is 12.1 Å². The van der Waals surface area contributed by atoms with Gasteiger partial charge in [-0.15, -0.1) is 0 Å². The summed E-state index contributed by atoms with van der Waals surface area (Å²) in [6.07, 6.45) is 0. The Morgan fingerprint density at radius 1 is 0.258 bits per heavy atom. The zero-order valence-electron chi connectivity index (χ0n) is 33.9. The third-order valence-corrected chi connectivity index (χ3v) is 12.4. The van der Waals surface area contributed by atoms with Gasteiger partial charge in [0.15, 0.2) is 0 Å². The Kier molecular flexibility index (Phi) is 8.53. The van der Waals surface area contributed by atoms with E-state index < -0.39 is 0 Å². The number of fused-ring (bicyclic) bond motifs is 7. The maximum atomic E-state index is 6.31. The third-order valence-electron chi connectivity index (χ3n) is 12.4. The molecule has 290 valence electrons. The molecule has 0 spiro atoms. The molecule has 12 rings (SSSR count). The molecule has 0 aliphatic heterocycles. The van der Waals surface area contributed by atoms with Crippen LogP contribution in [0.4, 0.5) is 17.1 Å². The molecule has 2 heteroatoms. The van der Waals surface area contributed by atoms with Gasteiger partial charge in [0.25, 0.3) is 0 Å². The number of nitrogens with zero attached hydrogens (tertiary/aromatic N) is 1. The molecular formula is C60H39NO. The van der Waals surface area contributed by atoms with Crippen LogP contribution < -0.4 is 4.90 Å². The lowest BCUT2D eigenvalue weighted by Gasteiger charge is -2.27. The molecule has 0 radical (unpaired) electrons. The molecule has 11 aromatic carbocycles. The molecule has 0 amide bonds. The summed E-state index contributed by atoms with van der Waals surface area (Å²) in [6, 6.07) is 85.6. The first-order valence-electron chi connectivity index (χ1n) is 21.2. The number of anilines is 3. The van der Waals surface area contributed by atoms with Crippen molar-refractivity contribution in [3.05, 3.63) is 237 Å². The molecule has 12 aromatic rings. The topological polar surface area (TPSA) is 16.4 Å². The summed E-state index contributed by atoms with van der Waals surface area (Å²) in [4.78, 5) is 2.39. The highest BCUT2D eigenvalue weighted by atomic mass is 16.3. The van der Waals surface area contributed by atoms with E-state index in [9.17, 15) is 0 Å². The zero-order chi connectivity index (χ0) is 41.0. The molecule has 0 saturated carbocycles. The number of furan rings is 1. The molecule has 0 saturated heterocycles. The van der Waals surface area contributed by atoms with Gasteiger partial charge in [0, 0.05) is 27.8 Å². The van der Waals surface area contributed by atoms with E-state index in [0.717, 1.165) is 50.1 Å². The first-order valence-corrected chi connectivity index (χ1v) is 21.2. The predicted molar refractivity (Wildman–Crippen MR) is 263 cm³/mol. The number of hydrogen-bond donors (Lipinski definition) is 0. The molecule has 62 heavy (non-hydrogen) atoms. The lowest BCUT2D eigenvalue weighted by atomic mass is 9.84. The first kappa shape index (κ1) is 35.7. The van der Waals surface area contributed by atoms with Crippen molar-refractivity contribution < 1.29 is 4.42 Å². The molecule has 0 unspecified atom stereocenters. The fourth-order valence-electron chi connectivity index (χ4n) is 9.59. The monoisotopic (exact) mass is 789 g/mol. The summed E-state index contributed by atoms with van der Waals surface area (Å²) in [7, 11) is 0. The molecule has 0 fully saturated rings. The van der Waals surface area contributed by atoms with Crippen molar-refractivity contribution in [2.45, 2.75) is 0 Å². The molecular weight excluding hydrogens is 751 g/mol. The van der Waals surface area contributed by atoms with E-state index in [1.165, 1.54) is 65.7 Å². The van der Waals surface area contributed by atoms with E-state index >= 15 is 0 Å². The highest BCUT2D eigenvalue weighted by Crippen LogP contribution is 2.47. The van der Waals surface area contributed by atoms with Crippen molar-refractivity contribution in [1.29, 1.82) is 0 Å². The highest BCUT2D eigenvalue weighted by Gasteiger charge is 2.20. The maximum absolute atomic E-state index is 6.31. The van der Waals surface area contributed by atoms with Gasteiger partial charge in [0.2, 0.25) is 0 Å². The highest BCUT2D eigenvalue weighted by molar-refractivity contribution is 6.22. The van der Waals surface area contributed by atoms with Crippen LogP contribution in [0, 0.1) is 0 Å². The van der Waals surface area contributed by atoms with Crippen molar-refractivity contribution in [3.63, 3.8) is 0 Å². The number of benzene rings is 11. The second kappa shape index (κ2) is 14.8. The average Bonchev–Trinajstić information content (AvgIpc) is 3.72. The quantitative estimate of drug-likeness (QED) is 0.150. The van der Waals surface area contributed by atoms with Crippen molar-refractivity contribution in [3.8, 4) is 44.5 Å². The normalized spacial score (nSPS) is 11.5. The molecule has 2 nitrogen and oxygen atoms in total. The lowest BCUT2D eigenvalue weighted by molar-refractivity contribution is 0.669. The van der Waals surface area contributed by atoms with Crippen molar-refractivity contribution in [2.75, 3.05) is 4.90 Å². The molecule has 0 aliphatic rings. The minimum absolute atomic E-state index is 0.876. The van der Waals surface area contributed by atoms with Crippen LogP contribution in [-0.4, -0.2) is 0 Å². The Bertz CT molecular complexity index is 3630. The van der Waals surface area contributed by atoms with Crippen LogP contribution in [0.5, 0.6) is 0 Å². The lowest BCUT2D eigenvalue weighted by Crippen LogP contribution is -2.10. The van der Waals surface area contributed by atoms with Crippen molar-refractivity contribution >= 4 is 71.3 Å².